The van der Waals surface area contributed by atoms with Crippen LogP contribution in [0.3, 0.4) is 0 Å². The molecule has 3 N–H and O–H groups in total. The largest absolute Gasteiger partial charge is 0.338 e. The highest BCUT2D eigenvalue weighted by Crippen LogP contribution is 1.97. The summed E-state index contributed by atoms with van der Waals surface area (Å²) in [6.07, 6.45) is 0. The van der Waals surface area contributed by atoms with Crippen molar-refractivity contribution in [3.8, 4) is 0 Å². The van der Waals surface area contributed by atoms with E-state index >= 15 is 0 Å². The van der Waals surface area contributed by atoms with Crippen LogP contribution >= 0.6 is 12.4 Å². The molecule has 0 spiro atoms. The number of rotatable bonds is 3. The van der Waals surface area contributed by atoms with Gasteiger partial charge in [-0.1, -0.05) is 0 Å². The Balaban J connectivity index is 0.00000256. The highest BCUT2D eigenvalue weighted by molar-refractivity contribution is 5.95. The molecule has 1 aliphatic rings. The second kappa shape index (κ2) is 8.27. The zero-order chi connectivity index (χ0) is 12.0. The molecule has 0 bridgehead atoms. The lowest BCUT2D eigenvalue weighted by molar-refractivity contribution is -0.121. The fraction of sp³-hybridized carbons (Fsp3) is 0.800. The monoisotopic (exact) mass is 264 g/mol. The van der Waals surface area contributed by atoms with Crippen molar-refractivity contribution in [2.45, 2.75) is 19.9 Å². The van der Waals surface area contributed by atoms with E-state index in [1.807, 2.05) is 11.8 Å². The Morgan fingerprint density at radius 1 is 1.47 bits per heavy atom. The van der Waals surface area contributed by atoms with E-state index in [9.17, 15) is 9.59 Å². The van der Waals surface area contributed by atoms with Crippen molar-refractivity contribution in [2.24, 2.45) is 0 Å². The van der Waals surface area contributed by atoms with Crippen molar-refractivity contribution in [1.29, 1.82) is 0 Å². The van der Waals surface area contributed by atoms with Gasteiger partial charge in [0.1, 0.15) is 0 Å². The maximum atomic E-state index is 11.5. The Morgan fingerprint density at radius 2 is 2.18 bits per heavy atom. The summed E-state index contributed by atoms with van der Waals surface area (Å²) in [6, 6.07) is -0.0262. The van der Waals surface area contributed by atoms with Crippen molar-refractivity contribution in [3.63, 3.8) is 0 Å². The van der Waals surface area contributed by atoms with Gasteiger partial charge in [-0.05, 0) is 13.8 Å². The van der Waals surface area contributed by atoms with Gasteiger partial charge in [0.2, 0.25) is 5.91 Å². The third-order valence-corrected chi connectivity index (χ3v) is 2.41. The van der Waals surface area contributed by atoms with Crippen LogP contribution in [0, 0.1) is 0 Å². The molecule has 3 amide bonds. The van der Waals surface area contributed by atoms with Gasteiger partial charge >= 0.3 is 6.03 Å². The summed E-state index contributed by atoms with van der Waals surface area (Å²) in [5, 5.41) is 8.11. The summed E-state index contributed by atoms with van der Waals surface area (Å²) >= 11 is 0. The lowest BCUT2D eigenvalue weighted by Gasteiger charge is -2.31. The quantitative estimate of drug-likeness (QED) is 0.646. The predicted molar refractivity (Wildman–Crippen MR) is 68.4 cm³/mol. The lowest BCUT2D eigenvalue weighted by Crippen LogP contribution is -2.53. The lowest BCUT2D eigenvalue weighted by atomic mass is 10.2. The summed E-state index contributed by atoms with van der Waals surface area (Å²) in [6.45, 7) is 7.24. The molecule has 1 rings (SSSR count). The SMILES string of the molecule is CCNC(=O)NC(=O)CN1CCNC(C)C1.Cl. The van der Waals surface area contributed by atoms with E-state index in [0.717, 1.165) is 19.6 Å². The van der Waals surface area contributed by atoms with Crippen molar-refractivity contribution < 1.29 is 9.59 Å². The molecular formula is C10H21ClN4O2. The molecule has 100 valence electrons. The second-order valence-electron chi connectivity index (χ2n) is 4.00. The summed E-state index contributed by atoms with van der Waals surface area (Å²) in [7, 11) is 0. The normalized spacial score (nSPS) is 20.2. The van der Waals surface area contributed by atoms with Crippen LogP contribution < -0.4 is 16.0 Å². The van der Waals surface area contributed by atoms with E-state index in [4.69, 9.17) is 0 Å². The van der Waals surface area contributed by atoms with Crippen LogP contribution in [0.15, 0.2) is 0 Å². The van der Waals surface area contributed by atoms with Crippen LogP contribution in [0.1, 0.15) is 13.8 Å². The third kappa shape index (κ3) is 6.45. The first-order chi connectivity index (χ1) is 7.61. The summed E-state index contributed by atoms with van der Waals surface area (Å²) in [5.41, 5.74) is 0. The minimum atomic E-state index is -0.421. The van der Waals surface area contributed by atoms with Crippen molar-refractivity contribution in [1.82, 2.24) is 20.9 Å². The maximum Gasteiger partial charge on any atom is 0.321 e. The zero-order valence-electron chi connectivity index (χ0n) is 10.3. The summed E-state index contributed by atoms with van der Waals surface area (Å²) in [5.74, 6) is -0.250. The molecular weight excluding hydrogens is 244 g/mol. The standard InChI is InChI=1S/C10H20N4O2.ClH/c1-3-11-10(16)13-9(15)7-14-5-4-12-8(2)6-14;/h8,12H,3-7H2,1-2H3,(H2,11,13,15,16);1H. The number of amides is 3. The number of urea groups is 1. The Labute approximate surface area is 108 Å². The van der Waals surface area contributed by atoms with Gasteiger partial charge in [0.25, 0.3) is 0 Å². The molecule has 0 aromatic heterocycles. The van der Waals surface area contributed by atoms with E-state index in [-0.39, 0.29) is 24.9 Å². The number of piperazine rings is 1. The summed E-state index contributed by atoms with van der Waals surface area (Å²) < 4.78 is 0. The molecule has 1 aliphatic heterocycles. The number of imide groups is 1. The fourth-order valence-electron chi connectivity index (χ4n) is 1.73. The number of carbonyl (C=O) groups excluding carboxylic acids is 2. The summed E-state index contributed by atoms with van der Waals surface area (Å²) in [4.78, 5) is 24.6. The smallest absolute Gasteiger partial charge is 0.321 e. The topological polar surface area (TPSA) is 73.5 Å². The number of carbonyl (C=O) groups is 2. The first-order valence-corrected chi connectivity index (χ1v) is 5.65. The molecule has 0 saturated carbocycles. The van der Waals surface area contributed by atoms with Gasteiger partial charge in [-0.2, -0.15) is 0 Å². The third-order valence-electron chi connectivity index (χ3n) is 2.41. The van der Waals surface area contributed by atoms with Gasteiger partial charge in [0.15, 0.2) is 0 Å². The number of halogens is 1. The molecule has 1 atom stereocenters. The molecule has 7 heteroatoms. The van der Waals surface area contributed by atoms with Gasteiger partial charge in [0, 0.05) is 32.2 Å². The molecule has 0 radical (unpaired) electrons. The Bertz CT molecular complexity index is 263. The van der Waals surface area contributed by atoms with Crippen LogP contribution in [0.2, 0.25) is 0 Å². The van der Waals surface area contributed by atoms with E-state index in [1.54, 1.807) is 0 Å². The van der Waals surface area contributed by atoms with Gasteiger partial charge in [-0.25, -0.2) is 4.79 Å². The molecule has 1 saturated heterocycles. The van der Waals surface area contributed by atoms with Crippen LogP contribution in [-0.2, 0) is 4.79 Å². The average Bonchev–Trinajstić information content (AvgIpc) is 2.17. The van der Waals surface area contributed by atoms with E-state index in [2.05, 4.69) is 22.9 Å². The van der Waals surface area contributed by atoms with Crippen molar-refractivity contribution in [2.75, 3.05) is 32.7 Å². The van der Waals surface area contributed by atoms with Crippen LogP contribution in [0.4, 0.5) is 4.79 Å². The van der Waals surface area contributed by atoms with Crippen LogP contribution in [-0.4, -0.2) is 55.6 Å². The van der Waals surface area contributed by atoms with Crippen molar-refractivity contribution in [3.05, 3.63) is 0 Å². The van der Waals surface area contributed by atoms with Gasteiger partial charge in [0.05, 0.1) is 6.54 Å². The number of nitrogens with one attached hydrogen (secondary N) is 3. The van der Waals surface area contributed by atoms with Gasteiger partial charge in [-0.15, -0.1) is 12.4 Å². The molecule has 1 fully saturated rings. The number of hydrogen-bond donors (Lipinski definition) is 3. The maximum absolute atomic E-state index is 11.5. The Kier molecular flexibility index (Phi) is 7.86. The van der Waals surface area contributed by atoms with Gasteiger partial charge < -0.3 is 10.6 Å². The number of nitrogens with zero attached hydrogens (tertiary/aromatic N) is 1. The minimum absolute atomic E-state index is 0. The molecule has 0 aromatic rings. The number of hydrogen-bond acceptors (Lipinski definition) is 4. The Hall–Kier alpha value is -0.850. The minimum Gasteiger partial charge on any atom is -0.338 e. The first-order valence-electron chi connectivity index (χ1n) is 5.65. The predicted octanol–water partition coefficient (Wildman–Crippen LogP) is -0.452. The van der Waals surface area contributed by atoms with Crippen LogP contribution in [0.25, 0.3) is 0 Å². The molecule has 0 aliphatic carbocycles. The van der Waals surface area contributed by atoms with Gasteiger partial charge in [-0.3, -0.25) is 15.0 Å². The highest BCUT2D eigenvalue weighted by Gasteiger charge is 2.18. The molecule has 17 heavy (non-hydrogen) atoms. The van der Waals surface area contributed by atoms with Crippen molar-refractivity contribution >= 4 is 24.3 Å². The zero-order valence-corrected chi connectivity index (χ0v) is 11.1. The highest BCUT2D eigenvalue weighted by atomic mass is 35.5. The molecule has 6 nitrogen and oxygen atoms in total. The van der Waals surface area contributed by atoms with E-state index in [1.165, 1.54) is 0 Å². The van der Waals surface area contributed by atoms with E-state index in [0.29, 0.717) is 12.6 Å². The average molecular weight is 265 g/mol. The Morgan fingerprint density at radius 3 is 2.76 bits per heavy atom. The molecule has 0 aromatic carbocycles. The fourth-order valence-corrected chi connectivity index (χ4v) is 1.73. The van der Waals surface area contributed by atoms with Crippen LogP contribution in [0.5, 0.6) is 0 Å². The molecule has 1 heterocycles. The van der Waals surface area contributed by atoms with E-state index < -0.39 is 6.03 Å². The molecule has 1 unspecified atom stereocenters. The first kappa shape index (κ1) is 16.1. The second-order valence-corrected chi connectivity index (χ2v) is 4.00.